The van der Waals surface area contributed by atoms with Gasteiger partial charge in [-0.15, -0.1) is 6.42 Å². The molecule has 0 N–H and O–H groups in total. The third kappa shape index (κ3) is 0.881. The molecule has 1 rings (SSSR count). The second kappa shape index (κ2) is 2.02. The Bertz CT molecular complexity index is 202. The molecule has 2 heteroatoms. The highest BCUT2D eigenvalue weighted by Gasteiger charge is 2.54. The fourth-order valence-electron chi connectivity index (χ4n) is 1.01. The average molecular weight is 138 g/mol. The summed E-state index contributed by atoms with van der Waals surface area (Å²) in [5.41, 5.74) is -0.215. The van der Waals surface area contributed by atoms with Crippen LogP contribution in [0.3, 0.4) is 0 Å². The molecule has 54 valence electrons. The number of methoxy groups -OCH3 is 1. The summed E-state index contributed by atoms with van der Waals surface area (Å²) in [5, 5.41) is 0. The third-order valence-electron chi connectivity index (χ3n) is 2.05. The first-order valence-corrected chi connectivity index (χ1v) is 3.19. The van der Waals surface area contributed by atoms with Gasteiger partial charge >= 0.3 is 5.97 Å². The molecule has 0 bridgehead atoms. The van der Waals surface area contributed by atoms with Crippen LogP contribution >= 0.6 is 0 Å². The van der Waals surface area contributed by atoms with Gasteiger partial charge in [0.15, 0.2) is 0 Å². The van der Waals surface area contributed by atoms with Gasteiger partial charge in [-0.1, -0.05) is 5.92 Å². The lowest BCUT2D eigenvalue weighted by Crippen LogP contribution is -2.08. The van der Waals surface area contributed by atoms with Crippen LogP contribution in [0.5, 0.6) is 0 Å². The molecule has 0 radical (unpaired) electrons. The fraction of sp³-hybridized carbons (Fsp3) is 0.625. The van der Waals surface area contributed by atoms with Crippen molar-refractivity contribution in [1.29, 1.82) is 0 Å². The van der Waals surface area contributed by atoms with Crippen LogP contribution in [-0.2, 0) is 9.53 Å². The van der Waals surface area contributed by atoms with Gasteiger partial charge in [0.1, 0.15) is 0 Å². The summed E-state index contributed by atoms with van der Waals surface area (Å²) in [6, 6.07) is 0. The molecule has 2 nitrogen and oxygen atoms in total. The van der Waals surface area contributed by atoms with Crippen LogP contribution < -0.4 is 0 Å². The number of hydrogen-bond donors (Lipinski definition) is 0. The van der Waals surface area contributed by atoms with Crippen molar-refractivity contribution in [3.8, 4) is 12.3 Å². The second-order valence-electron chi connectivity index (χ2n) is 2.84. The van der Waals surface area contributed by atoms with Gasteiger partial charge in [-0.3, -0.25) is 4.79 Å². The molecule has 0 spiro atoms. The molecule has 0 amide bonds. The lowest BCUT2D eigenvalue weighted by atomic mass is 10.1. The standard InChI is InChI=1S/C8H10O2/c1-4-8(2)5-6(8)7(9)10-3/h1,6H,5H2,2-3H3/t6-,8-/m0/s1. The lowest BCUT2D eigenvalue weighted by molar-refractivity contribution is -0.142. The molecule has 10 heavy (non-hydrogen) atoms. The fourth-order valence-corrected chi connectivity index (χ4v) is 1.01. The molecule has 0 heterocycles. The summed E-state index contributed by atoms with van der Waals surface area (Å²) < 4.78 is 4.54. The average Bonchev–Trinajstić information content (AvgIpc) is 2.62. The molecule has 1 saturated carbocycles. The minimum atomic E-state index is -0.215. The van der Waals surface area contributed by atoms with Gasteiger partial charge in [-0.05, 0) is 13.3 Å². The van der Waals surface area contributed by atoms with Crippen LogP contribution in [0.15, 0.2) is 0 Å². The van der Waals surface area contributed by atoms with E-state index in [0.717, 1.165) is 6.42 Å². The van der Waals surface area contributed by atoms with E-state index < -0.39 is 0 Å². The van der Waals surface area contributed by atoms with Gasteiger partial charge < -0.3 is 4.74 Å². The zero-order chi connectivity index (χ0) is 7.78. The maximum absolute atomic E-state index is 10.8. The Labute approximate surface area is 60.6 Å². The highest BCUT2D eigenvalue weighted by molar-refractivity contribution is 5.77. The highest BCUT2D eigenvalue weighted by atomic mass is 16.5. The first-order chi connectivity index (χ1) is 4.64. The molecular weight excluding hydrogens is 128 g/mol. The van der Waals surface area contributed by atoms with Crippen LogP contribution in [-0.4, -0.2) is 13.1 Å². The van der Waals surface area contributed by atoms with Crippen molar-refractivity contribution in [2.75, 3.05) is 7.11 Å². The van der Waals surface area contributed by atoms with E-state index in [0.29, 0.717) is 0 Å². The second-order valence-corrected chi connectivity index (χ2v) is 2.84. The molecule has 0 unspecified atom stereocenters. The van der Waals surface area contributed by atoms with E-state index in [1.54, 1.807) is 0 Å². The van der Waals surface area contributed by atoms with Gasteiger partial charge in [-0.25, -0.2) is 0 Å². The summed E-state index contributed by atoms with van der Waals surface area (Å²) in [6.45, 7) is 1.90. The first kappa shape index (κ1) is 7.14. The molecule has 1 aliphatic carbocycles. The van der Waals surface area contributed by atoms with E-state index in [4.69, 9.17) is 6.42 Å². The van der Waals surface area contributed by atoms with Crippen molar-refractivity contribution in [2.45, 2.75) is 13.3 Å². The van der Waals surface area contributed by atoms with Crippen molar-refractivity contribution in [3.63, 3.8) is 0 Å². The normalized spacial score (nSPS) is 36.3. The van der Waals surface area contributed by atoms with Crippen molar-refractivity contribution < 1.29 is 9.53 Å². The van der Waals surface area contributed by atoms with Crippen LogP contribution in [0, 0.1) is 23.7 Å². The maximum Gasteiger partial charge on any atom is 0.310 e. The predicted octanol–water partition coefficient (Wildman–Crippen LogP) is 0.819. The SMILES string of the molecule is C#C[C@@]1(C)C[C@H]1C(=O)OC. The third-order valence-corrected chi connectivity index (χ3v) is 2.05. The lowest BCUT2D eigenvalue weighted by Gasteiger charge is -1.98. The molecule has 2 atom stereocenters. The Hall–Kier alpha value is -0.970. The maximum atomic E-state index is 10.8. The van der Waals surface area contributed by atoms with E-state index >= 15 is 0 Å². The largest absolute Gasteiger partial charge is 0.469 e. The van der Waals surface area contributed by atoms with Crippen molar-refractivity contribution in [3.05, 3.63) is 0 Å². The molecular formula is C8H10O2. The number of carbonyl (C=O) groups is 1. The zero-order valence-corrected chi connectivity index (χ0v) is 6.18. The monoisotopic (exact) mass is 138 g/mol. The van der Waals surface area contributed by atoms with E-state index in [9.17, 15) is 4.79 Å². The summed E-state index contributed by atoms with van der Waals surface area (Å²) in [5.74, 6) is 2.35. The van der Waals surface area contributed by atoms with Crippen molar-refractivity contribution in [1.82, 2.24) is 0 Å². The van der Waals surface area contributed by atoms with Gasteiger partial charge in [0.2, 0.25) is 0 Å². The van der Waals surface area contributed by atoms with E-state index in [1.165, 1.54) is 7.11 Å². The summed E-state index contributed by atoms with van der Waals surface area (Å²) in [7, 11) is 1.39. The van der Waals surface area contributed by atoms with Crippen molar-refractivity contribution in [2.24, 2.45) is 11.3 Å². The molecule has 0 saturated heterocycles. The molecule has 1 fully saturated rings. The van der Waals surface area contributed by atoms with E-state index in [-0.39, 0.29) is 17.3 Å². The van der Waals surface area contributed by atoms with Gasteiger partial charge in [-0.2, -0.15) is 0 Å². The number of esters is 1. The Morgan fingerprint density at radius 1 is 1.90 bits per heavy atom. The Balaban J connectivity index is 2.54. The number of ether oxygens (including phenoxy) is 1. The van der Waals surface area contributed by atoms with E-state index in [2.05, 4.69) is 10.7 Å². The van der Waals surface area contributed by atoms with Crippen molar-refractivity contribution >= 4 is 5.97 Å². The van der Waals surface area contributed by atoms with Gasteiger partial charge in [0, 0.05) is 5.41 Å². The number of rotatable bonds is 1. The topological polar surface area (TPSA) is 26.3 Å². The molecule has 1 aliphatic rings. The number of carbonyl (C=O) groups excluding carboxylic acids is 1. The Morgan fingerprint density at radius 3 is 2.80 bits per heavy atom. The predicted molar refractivity (Wildman–Crippen MR) is 37.1 cm³/mol. The smallest absolute Gasteiger partial charge is 0.310 e. The minimum absolute atomic E-state index is 0.0532. The van der Waals surface area contributed by atoms with Gasteiger partial charge in [0.05, 0.1) is 13.0 Å². The molecule has 0 aromatic rings. The minimum Gasteiger partial charge on any atom is -0.469 e. The Morgan fingerprint density at radius 2 is 2.50 bits per heavy atom. The number of hydrogen-bond acceptors (Lipinski definition) is 2. The van der Waals surface area contributed by atoms with Crippen LogP contribution in [0.25, 0.3) is 0 Å². The number of terminal acetylenes is 1. The van der Waals surface area contributed by atoms with Gasteiger partial charge in [0.25, 0.3) is 0 Å². The van der Waals surface area contributed by atoms with Crippen LogP contribution in [0.4, 0.5) is 0 Å². The van der Waals surface area contributed by atoms with Crippen LogP contribution in [0.1, 0.15) is 13.3 Å². The summed E-state index contributed by atoms with van der Waals surface area (Å²) >= 11 is 0. The summed E-state index contributed by atoms with van der Waals surface area (Å²) in [4.78, 5) is 10.8. The highest BCUT2D eigenvalue weighted by Crippen LogP contribution is 2.51. The van der Waals surface area contributed by atoms with E-state index in [1.807, 2.05) is 6.92 Å². The molecule has 0 aliphatic heterocycles. The quantitative estimate of drug-likeness (QED) is 0.396. The first-order valence-electron chi connectivity index (χ1n) is 3.19. The zero-order valence-electron chi connectivity index (χ0n) is 6.18. The van der Waals surface area contributed by atoms with Crippen LogP contribution in [0.2, 0.25) is 0 Å². The summed E-state index contributed by atoms with van der Waals surface area (Å²) in [6.07, 6.45) is 5.97. The molecule has 0 aromatic heterocycles. The Kier molecular flexibility index (Phi) is 1.44. The molecule has 0 aromatic carbocycles.